The van der Waals surface area contributed by atoms with Crippen LogP contribution in [0.15, 0.2) is 103 Å². The topological polar surface area (TPSA) is 0 Å². The summed E-state index contributed by atoms with van der Waals surface area (Å²) in [4.78, 5) is 0. The number of hydrogen-bond donors (Lipinski definition) is 0. The number of rotatable bonds is 2. The number of allylic oxidation sites excluding steroid dienone is 1. The molecular formula is C27H20. The highest BCUT2D eigenvalue weighted by Crippen LogP contribution is 2.46. The molecule has 27 heavy (non-hydrogen) atoms. The van der Waals surface area contributed by atoms with Crippen LogP contribution in [-0.4, -0.2) is 0 Å². The normalized spacial score (nSPS) is 11.8. The smallest absolute Gasteiger partial charge is 0.00961 e. The molecular weight excluding hydrogens is 324 g/mol. The van der Waals surface area contributed by atoms with Crippen molar-refractivity contribution in [2.75, 3.05) is 0 Å². The molecule has 0 saturated heterocycles. The molecule has 0 bridgehead atoms. The van der Waals surface area contributed by atoms with Crippen molar-refractivity contribution in [3.05, 3.63) is 114 Å². The van der Waals surface area contributed by atoms with Crippen molar-refractivity contribution in [3.63, 3.8) is 0 Å². The molecule has 5 rings (SSSR count). The van der Waals surface area contributed by atoms with Crippen LogP contribution in [0.3, 0.4) is 0 Å². The maximum atomic E-state index is 2.34. The van der Waals surface area contributed by atoms with Gasteiger partial charge in [-0.1, -0.05) is 91.0 Å². The maximum Gasteiger partial charge on any atom is -0.00961 e. The number of benzene rings is 4. The first-order valence-corrected chi connectivity index (χ1v) is 9.41. The summed E-state index contributed by atoms with van der Waals surface area (Å²) in [5.41, 5.74) is 11.7. The van der Waals surface area contributed by atoms with E-state index in [1.54, 1.807) is 0 Å². The molecule has 4 aromatic rings. The predicted molar refractivity (Wildman–Crippen MR) is 116 cm³/mol. The maximum absolute atomic E-state index is 2.34. The van der Waals surface area contributed by atoms with E-state index in [0.717, 1.165) is 0 Å². The van der Waals surface area contributed by atoms with Crippen LogP contribution in [0.2, 0.25) is 0 Å². The molecule has 0 saturated carbocycles. The lowest BCUT2D eigenvalue weighted by Gasteiger charge is -2.07. The fourth-order valence-electron chi connectivity index (χ4n) is 4.08. The lowest BCUT2D eigenvalue weighted by Crippen LogP contribution is -1.84. The van der Waals surface area contributed by atoms with Gasteiger partial charge >= 0.3 is 0 Å². The summed E-state index contributed by atoms with van der Waals surface area (Å²) in [5, 5.41) is 0. The van der Waals surface area contributed by atoms with Crippen LogP contribution in [0, 0.1) is 0 Å². The Bertz CT molecular complexity index is 1060. The van der Waals surface area contributed by atoms with Gasteiger partial charge in [-0.05, 0) is 69.1 Å². The summed E-state index contributed by atoms with van der Waals surface area (Å²) in [7, 11) is 0. The molecule has 0 fully saturated rings. The Morgan fingerprint density at radius 1 is 0.444 bits per heavy atom. The van der Waals surface area contributed by atoms with E-state index in [4.69, 9.17) is 0 Å². The summed E-state index contributed by atoms with van der Waals surface area (Å²) in [6.07, 6.45) is 2.24. The van der Waals surface area contributed by atoms with Crippen LogP contribution in [0.1, 0.15) is 18.1 Å². The molecule has 0 amide bonds. The Labute approximate surface area is 160 Å². The molecule has 128 valence electrons. The van der Waals surface area contributed by atoms with Gasteiger partial charge in [-0.2, -0.15) is 0 Å². The van der Waals surface area contributed by atoms with E-state index < -0.39 is 0 Å². The molecule has 0 aromatic heterocycles. The average molecular weight is 344 g/mol. The highest BCUT2D eigenvalue weighted by atomic mass is 14.3. The lowest BCUT2D eigenvalue weighted by molar-refractivity contribution is 1.59. The molecule has 0 N–H and O–H groups in total. The zero-order chi connectivity index (χ0) is 18.2. The van der Waals surface area contributed by atoms with Gasteiger partial charge in [-0.25, -0.2) is 0 Å². The predicted octanol–water partition coefficient (Wildman–Crippen LogP) is 7.45. The third kappa shape index (κ3) is 2.62. The molecule has 0 aliphatic heterocycles. The molecule has 0 radical (unpaired) electrons. The third-order valence-corrected chi connectivity index (χ3v) is 5.41. The summed E-state index contributed by atoms with van der Waals surface area (Å²) in [6.45, 7) is 2.14. The van der Waals surface area contributed by atoms with E-state index in [1.807, 2.05) is 0 Å². The second kappa shape index (κ2) is 6.41. The minimum atomic E-state index is 1.26. The summed E-state index contributed by atoms with van der Waals surface area (Å²) >= 11 is 0. The van der Waals surface area contributed by atoms with E-state index in [2.05, 4.69) is 110 Å². The molecule has 0 heterocycles. The largest absolute Gasteiger partial charge is 0.0791 e. The molecule has 4 aromatic carbocycles. The zero-order valence-corrected chi connectivity index (χ0v) is 15.3. The van der Waals surface area contributed by atoms with Crippen LogP contribution < -0.4 is 0 Å². The van der Waals surface area contributed by atoms with Crippen LogP contribution in [0.5, 0.6) is 0 Å². The summed E-state index contributed by atoms with van der Waals surface area (Å²) < 4.78 is 0. The van der Waals surface area contributed by atoms with Crippen molar-refractivity contribution >= 4 is 5.57 Å². The Balaban J connectivity index is 1.65. The molecule has 0 nitrogen and oxygen atoms in total. The van der Waals surface area contributed by atoms with Crippen LogP contribution in [0.25, 0.3) is 39.0 Å². The van der Waals surface area contributed by atoms with Crippen LogP contribution in [0.4, 0.5) is 0 Å². The van der Waals surface area contributed by atoms with Crippen molar-refractivity contribution in [2.45, 2.75) is 6.92 Å². The summed E-state index contributed by atoms with van der Waals surface area (Å²) in [5.74, 6) is 0. The van der Waals surface area contributed by atoms with Crippen molar-refractivity contribution < 1.29 is 0 Å². The monoisotopic (exact) mass is 344 g/mol. The highest BCUT2D eigenvalue weighted by molar-refractivity contribution is 6.03. The van der Waals surface area contributed by atoms with Crippen molar-refractivity contribution in [1.29, 1.82) is 0 Å². The quantitative estimate of drug-likeness (QED) is 0.312. The first-order valence-electron chi connectivity index (χ1n) is 9.41. The number of hydrogen-bond acceptors (Lipinski definition) is 0. The SMILES string of the molecule is CC=C1c2cc(-c3ccccc3)ccc2-c2ccc(-c3ccccc3)cc21. The number of fused-ring (bicyclic) bond motifs is 3. The molecule has 0 unspecified atom stereocenters. The Morgan fingerprint density at radius 2 is 0.889 bits per heavy atom. The molecule has 0 atom stereocenters. The minimum absolute atomic E-state index is 1.26. The second-order valence-electron chi connectivity index (χ2n) is 6.96. The lowest BCUT2D eigenvalue weighted by atomic mass is 9.97. The van der Waals surface area contributed by atoms with Gasteiger partial charge in [-0.15, -0.1) is 0 Å². The molecule has 1 aliphatic rings. The molecule has 1 aliphatic carbocycles. The van der Waals surface area contributed by atoms with Gasteiger partial charge < -0.3 is 0 Å². The van der Waals surface area contributed by atoms with Gasteiger partial charge in [0.2, 0.25) is 0 Å². The van der Waals surface area contributed by atoms with Gasteiger partial charge in [0.05, 0.1) is 0 Å². The van der Waals surface area contributed by atoms with E-state index in [-0.39, 0.29) is 0 Å². The zero-order valence-electron chi connectivity index (χ0n) is 15.3. The van der Waals surface area contributed by atoms with Crippen molar-refractivity contribution in [3.8, 4) is 33.4 Å². The van der Waals surface area contributed by atoms with Gasteiger partial charge in [0.15, 0.2) is 0 Å². The standard InChI is InChI=1S/C27H20/c1-2-23-26-17-21(19-9-5-3-6-10-19)13-15-24(26)25-16-14-22(18-27(23)25)20-11-7-4-8-12-20/h2-18H,1H3. The Hall–Kier alpha value is -3.38. The van der Waals surface area contributed by atoms with E-state index in [0.29, 0.717) is 0 Å². The van der Waals surface area contributed by atoms with Crippen LogP contribution in [-0.2, 0) is 0 Å². The first kappa shape index (κ1) is 15.8. The van der Waals surface area contributed by atoms with Gasteiger partial charge in [0.1, 0.15) is 0 Å². The second-order valence-corrected chi connectivity index (χ2v) is 6.96. The van der Waals surface area contributed by atoms with Crippen molar-refractivity contribution in [1.82, 2.24) is 0 Å². The van der Waals surface area contributed by atoms with Gasteiger partial charge in [0.25, 0.3) is 0 Å². The van der Waals surface area contributed by atoms with E-state index in [1.165, 1.54) is 50.1 Å². The van der Waals surface area contributed by atoms with E-state index in [9.17, 15) is 0 Å². The van der Waals surface area contributed by atoms with Crippen LogP contribution >= 0.6 is 0 Å². The third-order valence-electron chi connectivity index (χ3n) is 5.41. The molecule has 0 spiro atoms. The van der Waals surface area contributed by atoms with Gasteiger partial charge in [-0.3, -0.25) is 0 Å². The van der Waals surface area contributed by atoms with E-state index >= 15 is 0 Å². The molecule has 0 heteroatoms. The Kier molecular flexibility index (Phi) is 3.76. The highest BCUT2D eigenvalue weighted by Gasteiger charge is 2.23. The van der Waals surface area contributed by atoms with Gasteiger partial charge in [0, 0.05) is 0 Å². The fourth-order valence-corrected chi connectivity index (χ4v) is 4.08. The summed E-state index contributed by atoms with van der Waals surface area (Å²) in [6, 6.07) is 34.9. The Morgan fingerprint density at radius 3 is 1.30 bits per heavy atom. The minimum Gasteiger partial charge on any atom is -0.0791 e. The first-order chi connectivity index (χ1) is 13.3. The average Bonchev–Trinajstić information content (AvgIpc) is 3.07. The van der Waals surface area contributed by atoms with Crippen molar-refractivity contribution in [2.24, 2.45) is 0 Å². The fraction of sp³-hybridized carbons (Fsp3) is 0.0370.